The Morgan fingerprint density at radius 1 is 1.36 bits per heavy atom. The van der Waals surface area contributed by atoms with Crippen LogP contribution in [-0.2, 0) is 0 Å². The van der Waals surface area contributed by atoms with Crippen molar-refractivity contribution in [2.24, 2.45) is 0 Å². The Morgan fingerprint density at radius 2 is 2.14 bits per heavy atom. The number of carbonyl (C=O) groups excluding carboxylic acids is 1. The van der Waals surface area contributed by atoms with E-state index in [-0.39, 0.29) is 5.56 Å². The van der Waals surface area contributed by atoms with Crippen LogP contribution in [0.2, 0.25) is 5.02 Å². The van der Waals surface area contributed by atoms with E-state index < -0.39 is 5.97 Å². The average Bonchev–Trinajstić information content (AvgIpc) is 2.16. The lowest BCUT2D eigenvalue weighted by Gasteiger charge is -2.06. The van der Waals surface area contributed by atoms with Crippen molar-refractivity contribution >= 4 is 28.5 Å². The lowest BCUT2D eigenvalue weighted by atomic mass is 10.1. The molecule has 4 heteroatoms. The lowest BCUT2D eigenvalue weighted by molar-refractivity contribution is -0.254. The van der Waals surface area contributed by atoms with Crippen molar-refractivity contribution < 1.29 is 9.90 Å². The molecule has 0 aliphatic heterocycles. The minimum atomic E-state index is -1.22. The minimum Gasteiger partial charge on any atom is -0.545 e. The van der Waals surface area contributed by atoms with Gasteiger partial charge in [0, 0.05) is 22.2 Å². The lowest BCUT2D eigenvalue weighted by Crippen LogP contribution is -2.22. The Kier molecular flexibility index (Phi) is 2.09. The Balaban J connectivity index is 2.84. The number of carboxylic acids is 1. The van der Waals surface area contributed by atoms with Gasteiger partial charge >= 0.3 is 0 Å². The number of hydrogen-bond donors (Lipinski definition) is 0. The first-order valence-electron chi connectivity index (χ1n) is 3.94. The molecule has 1 aromatic carbocycles. The fourth-order valence-electron chi connectivity index (χ4n) is 1.30. The molecule has 14 heavy (non-hydrogen) atoms. The van der Waals surface area contributed by atoms with Crippen molar-refractivity contribution in [3.05, 3.63) is 41.0 Å². The molecule has 0 atom stereocenters. The second kappa shape index (κ2) is 3.27. The number of benzene rings is 1. The molecule has 1 aromatic heterocycles. The molecule has 0 bridgehead atoms. The molecule has 1 heterocycles. The molecule has 0 fully saturated rings. The summed E-state index contributed by atoms with van der Waals surface area (Å²) in [4.78, 5) is 14.8. The first-order valence-corrected chi connectivity index (χ1v) is 4.32. The Labute approximate surface area is 85.0 Å². The fourth-order valence-corrected chi connectivity index (χ4v) is 1.47. The highest BCUT2D eigenvalue weighted by atomic mass is 35.5. The minimum absolute atomic E-state index is 0.109. The van der Waals surface area contributed by atoms with Gasteiger partial charge in [-0.05, 0) is 24.3 Å². The van der Waals surface area contributed by atoms with Gasteiger partial charge in [0.1, 0.15) is 0 Å². The van der Waals surface area contributed by atoms with E-state index in [1.807, 2.05) is 0 Å². The Morgan fingerprint density at radius 3 is 2.86 bits per heavy atom. The molecule has 0 saturated carbocycles. The predicted molar refractivity (Wildman–Crippen MR) is 51.1 cm³/mol. The maximum Gasteiger partial charge on any atom is 0.0722 e. The molecule has 2 aromatic rings. The van der Waals surface area contributed by atoms with E-state index in [4.69, 9.17) is 11.6 Å². The number of aromatic carboxylic acids is 1. The highest BCUT2D eigenvalue weighted by molar-refractivity contribution is 6.31. The van der Waals surface area contributed by atoms with Crippen LogP contribution >= 0.6 is 11.6 Å². The average molecular weight is 207 g/mol. The predicted octanol–water partition coefficient (Wildman–Crippen LogP) is 1.25. The molecule has 0 N–H and O–H groups in total. The number of hydrogen-bond acceptors (Lipinski definition) is 3. The third kappa shape index (κ3) is 1.42. The molecule has 0 spiro atoms. The standard InChI is InChI=1S/C10H6ClNO2/c11-6-1-2-9-8(5-6)7(10(13)14)3-4-12-9/h1-5H,(H,13,14)/p-1. The van der Waals surface area contributed by atoms with Crippen LogP contribution in [0.25, 0.3) is 10.9 Å². The Hall–Kier alpha value is -1.61. The molecule has 0 aliphatic carbocycles. The van der Waals surface area contributed by atoms with E-state index >= 15 is 0 Å². The van der Waals surface area contributed by atoms with E-state index in [1.165, 1.54) is 12.3 Å². The summed E-state index contributed by atoms with van der Waals surface area (Å²) in [7, 11) is 0. The molecule has 0 amide bonds. The zero-order valence-electron chi connectivity index (χ0n) is 7.03. The highest BCUT2D eigenvalue weighted by Gasteiger charge is 2.02. The molecule has 0 radical (unpaired) electrons. The summed E-state index contributed by atoms with van der Waals surface area (Å²) in [6.45, 7) is 0. The van der Waals surface area contributed by atoms with Crippen molar-refractivity contribution in [2.75, 3.05) is 0 Å². The maximum absolute atomic E-state index is 10.7. The van der Waals surface area contributed by atoms with Crippen LogP contribution in [0.15, 0.2) is 30.5 Å². The number of halogens is 1. The number of fused-ring (bicyclic) bond motifs is 1. The second-order valence-electron chi connectivity index (χ2n) is 2.81. The van der Waals surface area contributed by atoms with Gasteiger partial charge in [-0.25, -0.2) is 0 Å². The monoisotopic (exact) mass is 206 g/mol. The molecule has 0 saturated heterocycles. The summed E-state index contributed by atoms with van der Waals surface area (Å²) in [5.41, 5.74) is 0.702. The third-order valence-electron chi connectivity index (χ3n) is 1.92. The number of aromatic nitrogens is 1. The van der Waals surface area contributed by atoms with E-state index in [0.717, 1.165) is 0 Å². The van der Waals surface area contributed by atoms with E-state index in [2.05, 4.69) is 4.98 Å². The smallest absolute Gasteiger partial charge is 0.0722 e. The molecule has 3 nitrogen and oxygen atoms in total. The van der Waals surface area contributed by atoms with Crippen molar-refractivity contribution in [1.82, 2.24) is 4.98 Å². The van der Waals surface area contributed by atoms with E-state index in [9.17, 15) is 9.90 Å². The summed E-state index contributed by atoms with van der Waals surface area (Å²) in [5.74, 6) is -1.22. The molecule has 70 valence electrons. The van der Waals surface area contributed by atoms with Crippen molar-refractivity contribution in [1.29, 1.82) is 0 Å². The zero-order valence-corrected chi connectivity index (χ0v) is 7.78. The summed E-state index contributed by atoms with van der Waals surface area (Å²) in [6.07, 6.45) is 1.43. The molecular weight excluding hydrogens is 202 g/mol. The van der Waals surface area contributed by atoms with Crippen molar-refractivity contribution in [2.45, 2.75) is 0 Å². The Bertz CT molecular complexity index is 510. The molecule has 0 aliphatic rings. The van der Waals surface area contributed by atoms with Crippen LogP contribution in [0.3, 0.4) is 0 Å². The van der Waals surface area contributed by atoms with Crippen molar-refractivity contribution in [3.8, 4) is 0 Å². The van der Waals surface area contributed by atoms with Gasteiger partial charge in [0.25, 0.3) is 0 Å². The normalized spacial score (nSPS) is 10.4. The van der Waals surface area contributed by atoms with Gasteiger partial charge in [0.2, 0.25) is 0 Å². The second-order valence-corrected chi connectivity index (χ2v) is 3.24. The van der Waals surface area contributed by atoms with Gasteiger partial charge in [0.15, 0.2) is 0 Å². The highest BCUT2D eigenvalue weighted by Crippen LogP contribution is 2.20. The number of pyridine rings is 1. The zero-order chi connectivity index (χ0) is 10.1. The quantitative estimate of drug-likeness (QED) is 0.706. The van der Waals surface area contributed by atoms with E-state index in [1.54, 1.807) is 18.2 Å². The van der Waals surface area contributed by atoms with Crippen LogP contribution in [0.5, 0.6) is 0 Å². The number of nitrogens with zero attached hydrogens (tertiary/aromatic N) is 1. The summed E-state index contributed by atoms with van der Waals surface area (Å²) in [6, 6.07) is 6.29. The number of carbonyl (C=O) groups is 1. The maximum atomic E-state index is 10.7. The molecule has 0 unspecified atom stereocenters. The fraction of sp³-hybridized carbons (Fsp3) is 0. The van der Waals surface area contributed by atoms with Gasteiger partial charge < -0.3 is 9.90 Å². The van der Waals surface area contributed by atoms with Gasteiger partial charge in [0.05, 0.1) is 11.5 Å². The first-order chi connectivity index (χ1) is 6.68. The number of rotatable bonds is 1. The van der Waals surface area contributed by atoms with E-state index in [0.29, 0.717) is 15.9 Å². The SMILES string of the molecule is O=C([O-])c1ccnc2ccc(Cl)cc12. The summed E-state index contributed by atoms with van der Waals surface area (Å²) in [5, 5.41) is 11.7. The van der Waals surface area contributed by atoms with Crippen molar-refractivity contribution in [3.63, 3.8) is 0 Å². The van der Waals surface area contributed by atoms with Gasteiger partial charge in [-0.2, -0.15) is 0 Å². The van der Waals surface area contributed by atoms with Crippen LogP contribution < -0.4 is 5.11 Å². The van der Waals surface area contributed by atoms with Crippen LogP contribution in [0.1, 0.15) is 10.4 Å². The van der Waals surface area contributed by atoms with Crippen LogP contribution in [0.4, 0.5) is 0 Å². The van der Waals surface area contributed by atoms with Gasteiger partial charge in [-0.1, -0.05) is 11.6 Å². The largest absolute Gasteiger partial charge is 0.545 e. The van der Waals surface area contributed by atoms with Gasteiger partial charge in [-0.15, -0.1) is 0 Å². The molecular formula is C10H5ClNO2-. The van der Waals surface area contributed by atoms with Gasteiger partial charge in [-0.3, -0.25) is 4.98 Å². The first kappa shape index (κ1) is 8.97. The molecule has 2 rings (SSSR count). The summed E-state index contributed by atoms with van der Waals surface area (Å²) >= 11 is 5.75. The topological polar surface area (TPSA) is 53.0 Å². The number of carboxylic acid groups (broad SMARTS) is 1. The van der Waals surface area contributed by atoms with Crippen LogP contribution in [0, 0.1) is 0 Å². The summed E-state index contributed by atoms with van der Waals surface area (Å²) < 4.78 is 0. The van der Waals surface area contributed by atoms with Crippen LogP contribution in [-0.4, -0.2) is 11.0 Å². The third-order valence-corrected chi connectivity index (χ3v) is 2.16.